The summed E-state index contributed by atoms with van der Waals surface area (Å²) in [5, 5.41) is 4.08. The molecular formula is C16H20ClNO2. The molecule has 1 aliphatic heterocycles. The summed E-state index contributed by atoms with van der Waals surface area (Å²) in [5.41, 5.74) is 0.859. The molecule has 1 N–H and O–H groups in total. The van der Waals surface area contributed by atoms with Gasteiger partial charge in [-0.05, 0) is 31.2 Å². The van der Waals surface area contributed by atoms with Crippen molar-refractivity contribution in [2.45, 2.75) is 50.8 Å². The first kappa shape index (κ1) is 13.9. The number of hydrogen-bond acceptors (Lipinski definition) is 3. The van der Waals surface area contributed by atoms with Gasteiger partial charge in [-0.25, -0.2) is 0 Å². The number of fused-ring (bicyclic) bond motifs is 1. The van der Waals surface area contributed by atoms with E-state index < -0.39 is 0 Å². The highest BCUT2D eigenvalue weighted by Crippen LogP contribution is 2.33. The standard InChI is InChI=1S/C16H20ClNO2/c17-13-7-3-1-6-12(13)10-20-16(19)15-9-11-5-2-4-8-14(11)18-15/h1,3,6-7,11,14-15,18H,2,4-5,8-10H2. The Bertz CT molecular complexity index is 477. The van der Waals surface area contributed by atoms with E-state index in [0.29, 0.717) is 17.0 Å². The summed E-state index contributed by atoms with van der Waals surface area (Å²) >= 11 is 6.06. The van der Waals surface area contributed by atoms with Gasteiger partial charge in [0.05, 0.1) is 0 Å². The van der Waals surface area contributed by atoms with Crippen molar-refractivity contribution in [2.75, 3.05) is 0 Å². The predicted octanol–water partition coefficient (Wildman–Crippen LogP) is 3.30. The normalized spacial score (nSPS) is 28.9. The van der Waals surface area contributed by atoms with E-state index in [-0.39, 0.29) is 18.6 Å². The lowest BCUT2D eigenvalue weighted by Gasteiger charge is -2.24. The minimum Gasteiger partial charge on any atom is -0.460 e. The van der Waals surface area contributed by atoms with E-state index in [4.69, 9.17) is 16.3 Å². The zero-order valence-corrected chi connectivity index (χ0v) is 12.2. The Morgan fingerprint density at radius 1 is 1.30 bits per heavy atom. The molecule has 1 aliphatic carbocycles. The topological polar surface area (TPSA) is 38.3 Å². The van der Waals surface area contributed by atoms with Gasteiger partial charge in [-0.15, -0.1) is 0 Å². The van der Waals surface area contributed by atoms with Crippen molar-refractivity contribution < 1.29 is 9.53 Å². The predicted molar refractivity (Wildman–Crippen MR) is 78.5 cm³/mol. The molecule has 3 atom stereocenters. The molecule has 1 saturated heterocycles. The summed E-state index contributed by atoms with van der Waals surface area (Å²) < 4.78 is 5.41. The maximum atomic E-state index is 12.1. The summed E-state index contributed by atoms with van der Waals surface area (Å²) in [6.45, 7) is 0.256. The number of esters is 1. The van der Waals surface area contributed by atoms with Gasteiger partial charge in [0.15, 0.2) is 0 Å². The largest absolute Gasteiger partial charge is 0.460 e. The number of carbonyl (C=O) groups excluding carboxylic acids is 1. The highest BCUT2D eigenvalue weighted by atomic mass is 35.5. The molecule has 1 heterocycles. The molecule has 1 saturated carbocycles. The molecule has 20 heavy (non-hydrogen) atoms. The van der Waals surface area contributed by atoms with Gasteiger partial charge in [0.1, 0.15) is 12.6 Å². The second-order valence-corrected chi connectivity index (χ2v) is 6.21. The van der Waals surface area contributed by atoms with Crippen molar-refractivity contribution in [1.29, 1.82) is 0 Å². The van der Waals surface area contributed by atoms with Crippen LogP contribution in [0, 0.1) is 5.92 Å². The lowest BCUT2D eigenvalue weighted by Crippen LogP contribution is -2.37. The van der Waals surface area contributed by atoms with Crippen LogP contribution in [0.15, 0.2) is 24.3 Å². The SMILES string of the molecule is O=C(OCc1ccccc1Cl)C1CC2CCCCC2N1. The summed E-state index contributed by atoms with van der Waals surface area (Å²) in [6, 6.07) is 7.85. The van der Waals surface area contributed by atoms with Crippen molar-refractivity contribution in [3.05, 3.63) is 34.9 Å². The molecule has 0 radical (unpaired) electrons. The third-order valence-corrected chi connectivity index (χ3v) is 4.84. The molecule has 0 amide bonds. The second-order valence-electron chi connectivity index (χ2n) is 5.81. The van der Waals surface area contributed by atoms with Gasteiger partial charge in [0.2, 0.25) is 0 Å². The van der Waals surface area contributed by atoms with Crippen LogP contribution < -0.4 is 5.32 Å². The molecule has 108 valence electrons. The average Bonchev–Trinajstić information content (AvgIpc) is 2.90. The molecule has 2 aliphatic rings. The summed E-state index contributed by atoms with van der Waals surface area (Å²) in [6.07, 6.45) is 5.93. The average molecular weight is 294 g/mol. The molecule has 2 fully saturated rings. The monoisotopic (exact) mass is 293 g/mol. The molecule has 1 aromatic carbocycles. The van der Waals surface area contributed by atoms with E-state index in [0.717, 1.165) is 12.0 Å². The highest BCUT2D eigenvalue weighted by molar-refractivity contribution is 6.31. The van der Waals surface area contributed by atoms with Crippen molar-refractivity contribution in [3.8, 4) is 0 Å². The molecule has 0 bridgehead atoms. The van der Waals surface area contributed by atoms with Crippen LogP contribution in [-0.4, -0.2) is 18.1 Å². The van der Waals surface area contributed by atoms with Gasteiger partial charge >= 0.3 is 5.97 Å². The van der Waals surface area contributed by atoms with Crippen LogP contribution in [-0.2, 0) is 16.1 Å². The zero-order chi connectivity index (χ0) is 13.9. The fourth-order valence-electron chi connectivity index (χ4n) is 3.37. The number of ether oxygens (including phenoxy) is 1. The lowest BCUT2D eigenvalue weighted by molar-refractivity contribution is -0.147. The Hall–Kier alpha value is -1.06. The fraction of sp³-hybridized carbons (Fsp3) is 0.562. The maximum absolute atomic E-state index is 12.1. The molecule has 3 unspecified atom stereocenters. The first-order chi connectivity index (χ1) is 9.74. The Morgan fingerprint density at radius 2 is 2.10 bits per heavy atom. The molecule has 3 nitrogen and oxygen atoms in total. The number of carbonyl (C=O) groups is 1. The van der Waals surface area contributed by atoms with E-state index >= 15 is 0 Å². The minimum absolute atomic E-state index is 0.134. The first-order valence-corrected chi connectivity index (χ1v) is 7.78. The lowest BCUT2D eigenvalue weighted by atomic mass is 9.85. The molecule has 0 aromatic heterocycles. The van der Waals surface area contributed by atoms with Crippen LogP contribution in [0.3, 0.4) is 0 Å². The molecule has 3 rings (SSSR count). The van der Waals surface area contributed by atoms with Crippen molar-refractivity contribution in [2.24, 2.45) is 5.92 Å². The third-order valence-electron chi connectivity index (χ3n) is 4.48. The van der Waals surface area contributed by atoms with Crippen LogP contribution in [0.1, 0.15) is 37.7 Å². The van der Waals surface area contributed by atoms with Crippen molar-refractivity contribution in [1.82, 2.24) is 5.32 Å². The van der Waals surface area contributed by atoms with Crippen molar-refractivity contribution in [3.63, 3.8) is 0 Å². The van der Waals surface area contributed by atoms with Crippen molar-refractivity contribution >= 4 is 17.6 Å². The molecular weight excluding hydrogens is 274 g/mol. The Labute approximate surface area is 124 Å². The van der Waals surface area contributed by atoms with E-state index in [2.05, 4.69) is 5.32 Å². The summed E-state index contributed by atoms with van der Waals surface area (Å²) in [7, 11) is 0. The number of benzene rings is 1. The zero-order valence-electron chi connectivity index (χ0n) is 11.5. The van der Waals surface area contributed by atoms with Gasteiger partial charge in [-0.3, -0.25) is 4.79 Å². The number of rotatable bonds is 3. The summed E-state index contributed by atoms with van der Waals surface area (Å²) in [4.78, 5) is 12.1. The third kappa shape index (κ3) is 2.99. The number of halogens is 1. The smallest absolute Gasteiger partial charge is 0.323 e. The van der Waals surface area contributed by atoms with Gasteiger partial charge in [-0.2, -0.15) is 0 Å². The second kappa shape index (κ2) is 6.15. The molecule has 1 aromatic rings. The van der Waals surface area contributed by atoms with Crippen LogP contribution in [0.4, 0.5) is 0 Å². The maximum Gasteiger partial charge on any atom is 0.323 e. The Balaban J connectivity index is 1.54. The van der Waals surface area contributed by atoms with Gasteiger partial charge in [0.25, 0.3) is 0 Å². The van der Waals surface area contributed by atoms with Gasteiger partial charge < -0.3 is 10.1 Å². The Kier molecular flexibility index (Phi) is 4.27. The van der Waals surface area contributed by atoms with Crippen LogP contribution >= 0.6 is 11.6 Å². The minimum atomic E-state index is -0.140. The first-order valence-electron chi connectivity index (χ1n) is 7.40. The number of nitrogens with one attached hydrogen (secondary N) is 1. The molecule has 0 spiro atoms. The summed E-state index contributed by atoms with van der Waals surface area (Å²) in [5.74, 6) is 0.515. The van der Waals surface area contributed by atoms with Crippen LogP contribution in [0.2, 0.25) is 5.02 Å². The van der Waals surface area contributed by atoms with E-state index in [9.17, 15) is 4.79 Å². The van der Waals surface area contributed by atoms with Gasteiger partial charge in [0, 0.05) is 16.6 Å². The highest BCUT2D eigenvalue weighted by Gasteiger charge is 2.38. The van der Waals surface area contributed by atoms with Crippen LogP contribution in [0.25, 0.3) is 0 Å². The van der Waals surface area contributed by atoms with E-state index in [1.807, 2.05) is 24.3 Å². The van der Waals surface area contributed by atoms with Gasteiger partial charge in [-0.1, -0.05) is 42.6 Å². The molecule has 4 heteroatoms. The number of hydrogen-bond donors (Lipinski definition) is 1. The van der Waals surface area contributed by atoms with E-state index in [1.54, 1.807) is 0 Å². The fourth-order valence-corrected chi connectivity index (χ4v) is 3.56. The quantitative estimate of drug-likeness (QED) is 0.869. The van der Waals surface area contributed by atoms with Crippen LogP contribution in [0.5, 0.6) is 0 Å². The van der Waals surface area contributed by atoms with E-state index in [1.165, 1.54) is 25.7 Å². The Morgan fingerprint density at radius 3 is 2.90 bits per heavy atom.